The minimum absolute atomic E-state index is 0.0828. The van der Waals surface area contributed by atoms with E-state index in [0.717, 1.165) is 122 Å². The van der Waals surface area contributed by atoms with Crippen molar-refractivity contribution in [3.05, 3.63) is 97.2 Å². The van der Waals surface area contributed by atoms with Gasteiger partial charge in [-0.1, -0.05) is 304 Å². The second-order valence-electron chi connectivity index (χ2n) is 22.0. The molecule has 0 bridgehead atoms. The molecule has 0 amide bonds. The zero-order valence-electron chi connectivity index (χ0n) is 51.4. The fourth-order valence-corrected chi connectivity index (χ4v) is 9.37. The number of esters is 3. The van der Waals surface area contributed by atoms with Crippen LogP contribution in [0.25, 0.3) is 0 Å². The van der Waals surface area contributed by atoms with Crippen LogP contribution in [0, 0.1) is 0 Å². The van der Waals surface area contributed by atoms with E-state index >= 15 is 0 Å². The minimum atomic E-state index is -0.785. The summed E-state index contributed by atoms with van der Waals surface area (Å²) in [6.07, 6.45) is 88.6. The third-order valence-corrected chi connectivity index (χ3v) is 14.3. The molecule has 0 radical (unpaired) electrons. The third kappa shape index (κ3) is 63.2. The molecule has 1 atom stereocenters. The number of ether oxygens (including phenoxy) is 3. The Kier molecular flexibility index (Phi) is 62.7. The Hall–Kier alpha value is -3.67. The highest BCUT2D eigenvalue weighted by Crippen LogP contribution is 2.17. The van der Waals surface area contributed by atoms with E-state index in [2.05, 4.69) is 118 Å². The molecule has 448 valence electrons. The fourth-order valence-electron chi connectivity index (χ4n) is 9.37. The van der Waals surface area contributed by atoms with E-state index in [1.807, 2.05) is 0 Å². The second-order valence-corrected chi connectivity index (χ2v) is 22.0. The molecule has 0 aromatic heterocycles. The second kappa shape index (κ2) is 65.8. The van der Waals surface area contributed by atoms with Gasteiger partial charge in [-0.05, 0) is 96.3 Å². The minimum Gasteiger partial charge on any atom is -0.462 e. The average Bonchev–Trinajstić information content (AvgIpc) is 3.44. The molecule has 0 saturated heterocycles. The van der Waals surface area contributed by atoms with Crippen LogP contribution in [0.3, 0.4) is 0 Å². The lowest BCUT2D eigenvalue weighted by atomic mass is 10.0. The molecule has 6 nitrogen and oxygen atoms in total. The largest absolute Gasteiger partial charge is 0.462 e. The Morgan fingerprint density at radius 1 is 0.269 bits per heavy atom. The van der Waals surface area contributed by atoms with Crippen molar-refractivity contribution in [1.82, 2.24) is 0 Å². The Morgan fingerprint density at radius 3 is 0.846 bits per heavy atom. The van der Waals surface area contributed by atoms with Gasteiger partial charge >= 0.3 is 17.9 Å². The predicted octanol–water partition coefficient (Wildman–Crippen LogP) is 22.8. The summed E-state index contributed by atoms with van der Waals surface area (Å²) >= 11 is 0. The van der Waals surface area contributed by atoms with Crippen LogP contribution in [-0.4, -0.2) is 37.2 Å². The first-order valence-corrected chi connectivity index (χ1v) is 33.2. The quantitative estimate of drug-likeness (QED) is 0.0261. The highest BCUT2D eigenvalue weighted by Gasteiger charge is 2.19. The molecule has 6 heteroatoms. The van der Waals surface area contributed by atoms with E-state index in [4.69, 9.17) is 14.2 Å². The highest BCUT2D eigenvalue weighted by molar-refractivity contribution is 5.71. The lowest BCUT2D eigenvalue weighted by Crippen LogP contribution is -2.30. The lowest BCUT2D eigenvalue weighted by molar-refractivity contribution is -0.167. The van der Waals surface area contributed by atoms with Crippen LogP contribution in [0.15, 0.2) is 97.2 Å². The standard InChI is InChI=1S/C72H124O6/c1-4-7-10-13-16-19-22-24-26-28-30-32-33-34-35-36-37-38-39-41-42-44-46-48-50-53-56-59-62-65-71(74)77-68-69(67-76-70(73)64-61-58-55-52-21-18-15-12-9-6-3)78-72(75)66-63-60-57-54-51-49-47-45-43-40-31-29-27-25-23-20-17-14-11-8-5-2/h7,10,12,15-16,19,24,26,30,32,34-35,37-38,41-42,69H,4-6,8-9,11,13-14,17-18,20-23,25,27-29,31,33,36,39-40,43-68H2,1-3H3/b10-7-,15-12-,19-16-,26-24-,32-30-,35-34-,38-37-,42-41-. The Morgan fingerprint density at radius 2 is 0.526 bits per heavy atom. The van der Waals surface area contributed by atoms with Crippen LogP contribution in [-0.2, 0) is 28.6 Å². The predicted molar refractivity (Wildman–Crippen MR) is 339 cm³/mol. The third-order valence-electron chi connectivity index (χ3n) is 14.3. The first-order valence-electron chi connectivity index (χ1n) is 33.2. The van der Waals surface area contributed by atoms with E-state index in [-0.39, 0.29) is 31.1 Å². The smallest absolute Gasteiger partial charge is 0.306 e. The van der Waals surface area contributed by atoms with Gasteiger partial charge in [0.15, 0.2) is 6.10 Å². The molecule has 1 unspecified atom stereocenters. The number of carbonyl (C=O) groups excluding carboxylic acids is 3. The number of allylic oxidation sites excluding steroid dienone is 16. The summed E-state index contributed by atoms with van der Waals surface area (Å²) in [7, 11) is 0. The average molecular weight is 1090 g/mol. The van der Waals surface area contributed by atoms with Gasteiger partial charge in [0.1, 0.15) is 13.2 Å². The Labute approximate surface area is 483 Å². The lowest BCUT2D eigenvalue weighted by Gasteiger charge is -2.18. The fraction of sp³-hybridized carbons (Fsp3) is 0.736. The van der Waals surface area contributed by atoms with Gasteiger partial charge in [0.25, 0.3) is 0 Å². The highest BCUT2D eigenvalue weighted by atomic mass is 16.6. The van der Waals surface area contributed by atoms with Gasteiger partial charge in [-0.3, -0.25) is 14.4 Å². The molecule has 78 heavy (non-hydrogen) atoms. The maximum atomic E-state index is 12.9. The molecule has 0 aliphatic rings. The maximum Gasteiger partial charge on any atom is 0.306 e. The maximum absolute atomic E-state index is 12.9. The van der Waals surface area contributed by atoms with Gasteiger partial charge in [0.2, 0.25) is 0 Å². The van der Waals surface area contributed by atoms with Gasteiger partial charge in [-0.15, -0.1) is 0 Å². The summed E-state index contributed by atoms with van der Waals surface area (Å²) in [5, 5.41) is 0. The number of rotatable bonds is 60. The van der Waals surface area contributed by atoms with Crippen molar-refractivity contribution in [2.45, 2.75) is 329 Å². The number of carbonyl (C=O) groups is 3. The van der Waals surface area contributed by atoms with E-state index in [1.54, 1.807) is 0 Å². The molecule has 0 aromatic rings. The summed E-state index contributed by atoms with van der Waals surface area (Å²) in [6.45, 7) is 6.48. The molecular weight excluding hydrogens is 961 g/mol. The van der Waals surface area contributed by atoms with E-state index in [0.29, 0.717) is 19.3 Å². The molecule has 0 spiro atoms. The van der Waals surface area contributed by atoms with Gasteiger partial charge in [0, 0.05) is 19.3 Å². The van der Waals surface area contributed by atoms with Crippen LogP contribution in [0.2, 0.25) is 0 Å². The first-order chi connectivity index (χ1) is 38.5. The zero-order chi connectivity index (χ0) is 56.4. The molecule has 0 aliphatic carbocycles. The van der Waals surface area contributed by atoms with Gasteiger partial charge in [-0.2, -0.15) is 0 Å². The van der Waals surface area contributed by atoms with E-state index in [9.17, 15) is 14.4 Å². The number of hydrogen-bond acceptors (Lipinski definition) is 6. The summed E-state index contributed by atoms with van der Waals surface area (Å²) in [5.41, 5.74) is 0. The summed E-state index contributed by atoms with van der Waals surface area (Å²) in [4.78, 5) is 38.3. The topological polar surface area (TPSA) is 78.9 Å². The Balaban J connectivity index is 4.25. The number of unbranched alkanes of at least 4 members (excludes halogenated alkanes) is 33. The zero-order valence-corrected chi connectivity index (χ0v) is 51.4. The van der Waals surface area contributed by atoms with E-state index < -0.39 is 6.10 Å². The van der Waals surface area contributed by atoms with Crippen molar-refractivity contribution < 1.29 is 28.6 Å². The normalized spacial score (nSPS) is 12.7. The van der Waals surface area contributed by atoms with Crippen LogP contribution in [0.5, 0.6) is 0 Å². The summed E-state index contributed by atoms with van der Waals surface area (Å²) in [5.74, 6) is -0.891. The molecule has 0 heterocycles. The molecule has 0 saturated carbocycles. The molecule has 0 aromatic carbocycles. The van der Waals surface area contributed by atoms with Crippen LogP contribution < -0.4 is 0 Å². The van der Waals surface area contributed by atoms with Crippen molar-refractivity contribution in [2.75, 3.05) is 13.2 Å². The molecule has 0 fully saturated rings. The van der Waals surface area contributed by atoms with Crippen molar-refractivity contribution >= 4 is 17.9 Å². The first kappa shape index (κ1) is 74.3. The number of hydrogen-bond donors (Lipinski definition) is 0. The summed E-state index contributed by atoms with van der Waals surface area (Å²) < 4.78 is 16.9. The SMILES string of the molecule is CC/C=C\C/C=C\C/C=C\C/C=C\C/C=C\C/C=C\C/C=C\CCCCCCCCCC(=O)OCC(COC(=O)CCCCCCC/C=C\CCC)OC(=O)CCCCCCCCCCCCCCCCCCCCCCC. The van der Waals surface area contributed by atoms with Gasteiger partial charge < -0.3 is 14.2 Å². The van der Waals surface area contributed by atoms with Gasteiger partial charge in [-0.25, -0.2) is 0 Å². The van der Waals surface area contributed by atoms with E-state index in [1.165, 1.54) is 161 Å². The Bertz CT molecular complexity index is 1530. The monoisotopic (exact) mass is 1080 g/mol. The van der Waals surface area contributed by atoms with Gasteiger partial charge in [0.05, 0.1) is 0 Å². The van der Waals surface area contributed by atoms with Crippen LogP contribution >= 0.6 is 0 Å². The van der Waals surface area contributed by atoms with Crippen LogP contribution in [0.4, 0.5) is 0 Å². The van der Waals surface area contributed by atoms with Crippen molar-refractivity contribution in [3.63, 3.8) is 0 Å². The molecule has 0 rings (SSSR count). The molecule has 0 N–H and O–H groups in total. The molecular formula is C72H124O6. The van der Waals surface area contributed by atoms with Crippen LogP contribution in [0.1, 0.15) is 323 Å². The molecule has 0 aliphatic heterocycles. The van der Waals surface area contributed by atoms with Crippen molar-refractivity contribution in [2.24, 2.45) is 0 Å². The van der Waals surface area contributed by atoms with Crippen molar-refractivity contribution in [3.8, 4) is 0 Å². The summed E-state index contributed by atoms with van der Waals surface area (Å²) in [6, 6.07) is 0. The van der Waals surface area contributed by atoms with Crippen molar-refractivity contribution in [1.29, 1.82) is 0 Å².